The molecule has 1 aromatic rings. The lowest BCUT2D eigenvalue weighted by atomic mass is 10.1. The van der Waals surface area contributed by atoms with Crippen LogP contribution in [0.4, 0.5) is 0 Å². The molecule has 4 nitrogen and oxygen atoms in total. The normalized spacial score (nSPS) is 15.7. The summed E-state index contributed by atoms with van der Waals surface area (Å²) in [5, 5.41) is 6.81. The molecule has 1 heterocycles. The van der Waals surface area contributed by atoms with E-state index in [1.807, 2.05) is 0 Å². The quantitative estimate of drug-likeness (QED) is 0.437. The fraction of sp³-hybridized carbons (Fsp3) is 0.650. The molecule has 1 saturated heterocycles. The predicted octanol–water partition coefficient (Wildman–Crippen LogP) is 3.23. The Kier molecular flexibility index (Phi) is 8.10. The Balaban J connectivity index is 1.73. The van der Waals surface area contributed by atoms with Crippen LogP contribution in [0.15, 0.2) is 23.2 Å². The highest BCUT2D eigenvalue weighted by atomic mass is 15.2. The third kappa shape index (κ3) is 6.52. The highest BCUT2D eigenvalue weighted by Crippen LogP contribution is 2.11. The molecule has 0 bridgehead atoms. The zero-order chi connectivity index (χ0) is 17.2. The summed E-state index contributed by atoms with van der Waals surface area (Å²) < 4.78 is 0. The molecule has 1 aliphatic rings. The molecular weight excluding hydrogens is 296 g/mol. The Bertz CT molecular complexity index is 518. The number of unbranched alkanes of at least 4 members (excludes halogenated alkanes) is 1. The van der Waals surface area contributed by atoms with E-state index < -0.39 is 0 Å². The summed E-state index contributed by atoms with van der Waals surface area (Å²) in [6.45, 7) is 12.9. The van der Waals surface area contributed by atoms with Gasteiger partial charge in [0.05, 0.1) is 6.54 Å². The minimum atomic E-state index is 0.731. The van der Waals surface area contributed by atoms with Gasteiger partial charge in [-0.15, -0.1) is 0 Å². The van der Waals surface area contributed by atoms with Crippen LogP contribution >= 0.6 is 0 Å². The second-order valence-corrected chi connectivity index (χ2v) is 6.81. The van der Waals surface area contributed by atoms with Crippen LogP contribution in [-0.2, 0) is 6.54 Å². The molecule has 134 valence electrons. The Morgan fingerprint density at radius 2 is 1.92 bits per heavy atom. The van der Waals surface area contributed by atoms with Gasteiger partial charge in [-0.1, -0.05) is 23.8 Å². The van der Waals surface area contributed by atoms with E-state index in [1.54, 1.807) is 0 Å². The predicted molar refractivity (Wildman–Crippen MR) is 104 cm³/mol. The zero-order valence-electron chi connectivity index (χ0n) is 15.7. The summed E-state index contributed by atoms with van der Waals surface area (Å²) in [7, 11) is 0. The minimum absolute atomic E-state index is 0.731. The molecule has 24 heavy (non-hydrogen) atoms. The van der Waals surface area contributed by atoms with Gasteiger partial charge in [-0.2, -0.15) is 0 Å². The highest BCUT2D eigenvalue weighted by Gasteiger charge is 2.10. The minimum Gasteiger partial charge on any atom is -0.357 e. The SMILES string of the molecule is CCNC(=NCc1ccc(C)cc1C)NCCCCN1CCCC1. The van der Waals surface area contributed by atoms with Crippen molar-refractivity contribution >= 4 is 5.96 Å². The maximum atomic E-state index is 4.73. The van der Waals surface area contributed by atoms with Crippen molar-refractivity contribution in [2.45, 2.75) is 53.0 Å². The van der Waals surface area contributed by atoms with Crippen LogP contribution in [-0.4, -0.2) is 43.6 Å². The molecule has 1 aliphatic heterocycles. The van der Waals surface area contributed by atoms with E-state index in [0.717, 1.165) is 25.6 Å². The summed E-state index contributed by atoms with van der Waals surface area (Å²) in [5.74, 6) is 0.929. The molecule has 0 aromatic heterocycles. The average Bonchev–Trinajstić information content (AvgIpc) is 3.07. The van der Waals surface area contributed by atoms with Gasteiger partial charge in [-0.25, -0.2) is 4.99 Å². The number of nitrogens with one attached hydrogen (secondary N) is 2. The first kappa shape index (κ1) is 18.8. The summed E-state index contributed by atoms with van der Waals surface area (Å²) in [6.07, 6.45) is 5.23. The monoisotopic (exact) mass is 330 g/mol. The maximum absolute atomic E-state index is 4.73. The molecule has 0 saturated carbocycles. The molecule has 1 fully saturated rings. The van der Waals surface area contributed by atoms with Crippen LogP contribution in [0, 0.1) is 13.8 Å². The van der Waals surface area contributed by atoms with E-state index in [9.17, 15) is 0 Å². The topological polar surface area (TPSA) is 39.7 Å². The van der Waals surface area contributed by atoms with Gasteiger partial charge in [-0.05, 0) is 77.2 Å². The fourth-order valence-corrected chi connectivity index (χ4v) is 3.20. The third-order valence-electron chi connectivity index (χ3n) is 4.64. The second kappa shape index (κ2) is 10.3. The number of benzene rings is 1. The Hall–Kier alpha value is -1.55. The van der Waals surface area contributed by atoms with E-state index in [0.29, 0.717) is 0 Å². The van der Waals surface area contributed by atoms with Gasteiger partial charge in [-0.3, -0.25) is 0 Å². The molecule has 0 aliphatic carbocycles. The number of aliphatic imine (C=N–C) groups is 1. The van der Waals surface area contributed by atoms with Crippen LogP contribution in [0.25, 0.3) is 0 Å². The lowest BCUT2D eigenvalue weighted by Crippen LogP contribution is -2.38. The molecule has 4 heteroatoms. The molecule has 0 amide bonds. The summed E-state index contributed by atoms with van der Waals surface area (Å²) in [6, 6.07) is 6.58. The van der Waals surface area contributed by atoms with Gasteiger partial charge in [0.15, 0.2) is 5.96 Å². The number of aryl methyl sites for hydroxylation is 2. The van der Waals surface area contributed by atoms with Crippen LogP contribution in [0.3, 0.4) is 0 Å². The first-order chi connectivity index (χ1) is 11.7. The van der Waals surface area contributed by atoms with E-state index in [1.165, 1.54) is 62.0 Å². The molecule has 2 N–H and O–H groups in total. The van der Waals surface area contributed by atoms with Gasteiger partial charge in [0.2, 0.25) is 0 Å². The van der Waals surface area contributed by atoms with E-state index in [-0.39, 0.29) is 0 Å². The molecular formula is C20H34N4. The van der Waals surface area contributed by atoms with E-state index in [4.69, 9.17) is 4.99 Å². The zero-order valence-corrected chi connectivity index (χ0v) is 15.7. The fourth-order valence-electron chi connectivity index (χ4n) is 3.20. The van der Waals surface area contributed by atoms with Gasteiger partial charge in [0.25, 0.3) is 0 Å². The number of guanidine groups is 1. The van der Waals surface area contributed by atoms with Crippen molar-refractivity contribution in [2.24, 2.45) is 4.99 Å². The van der Waals surface area contributed by atoms with Crippen LogP contribution in [0.1, 0.15) is 49.3 Å². The van der Waals surface area contributed by atoms with Gasteiger partial charge in [0, 0.05) is 13.1 Å². The summed E-state index contributed by atoms with van der Waals surface area (Å²) in [4.78, 5) is 7.32. The van der Waals surface area contributed by atoms with Crippen molar-refractivity contribution in [1.29, 1.82) is 0 Å². The van der Waals surface area contributed by atoms with Gasteiger partial charge >= 0.3 is 0 Å². The number of nitrogens with zero attached hydrogens (tertiary/aromatic N) is 2. The molecule has 1 aromatic carbocycles. The largest absolute Gasteiger partial charge is 0.357 e. The van der Waals surface area contributed by atoms with Crippen LogP contribution < -0.4 is 10.6 Å². The van der Waals surface area contributed by atoms with Crippen molar-refractivity contribution in [3.05, 3.63) is 34.9 Å². The van der Waals surface area contributed by atoms with Gasteiger partial charge < -0.3 is 15.5 Å². The van der Waals surface area contributed by atoms with Crippen molar-refractivity contribution in [3.63, 3.8) is 0 Å². The Labute approximate surface area is 147 Å². The Morgan fingerprint density at radius 3 is 2.62 bits per heavy atom. The van der Waals surface area contributed by atoms with Crippen LogP contribution in [0.2, 0.25) is 0 Å². The molecule has 0 radical (unpaired) electrons. The number of likely N-dealkylation sites (tertiary alicyclic amines) is 1. The number of rotatable bonds is 8. The molecule has 0 spiro atoms. The van der Waals surface area contributed by atoms with Gasteiger partial charge in [0.1, 0.15) is 0 Å². The van der Waals surface area contributed by atoms with Crippen molar-refractivity contribution in [3.8, 4) is 0 Å². The average molecular weight is 331 g/mol. The molecule has 0 atom stereocenters. The molecule has 2 rings (SSSR count). The van der Waals surface area contributed by atoms with Crippen molar-refractivity contribution < 1.29 is 0 Å². The lowest BCUT2D eigenvalue weighted by Gasteiger charge is -2.15. The number of hydrogen-bond acceptors (Lipinski definition) is 2. The second-order valence-electron chi connectivity index (χ2n) is 6.81. The lowest BCUT2D eigenvalue weighted by molar-refractivity contribution is 0.330. The first-order valence-corrected chi connectivity index (χ1v) is 9.49. The number of hydrogen-bond donors (Lipinski definition) is 2. The summed E-state index contributed by atoms with van der Waals surface area (Å²) in [5.41, 5.74) is 3.93. The van der Waals surface area contributed by atoms with Crippen molar-refractivity contribution in [2.75, 3.05) is 32.7 Å². The Morgan fingerprint density at radius 1 is 1.12 bits per heavy atom. The molecule has 0 unspecified atom stereocenters. The highest BCUT2D eigenvalue weighted by molar-refractivity contribution is 5.79. The van der Waals surface area contributed by atoms with Crippen LogP contribution in [0.5, 0.6) is 0 Å². The first-order valence-electron chi connectivity index (χ1n) is 9.49. The maximum Gasteiger partial charge on any atom is 0.191 e. The van der Waals surface area contributed by atoms with E-state index >= 15 is 0 Å². The third-order valence-corrected chi connectivity index (χ3v) is 4.64. The summed E-state index contributed by atoms with van der Waals surface area (Å²) >= 11 is 0. The standard InChI is InChI=1S/C20H34N4/c1-4-21-20(22-11-5-6-12-24-13-7-8-14-24)23-16-19-10-9-17(2)15-18(19)3/h9-10,15H,4-8,11-14,16H2,1-3H3,(H2,21,22,23). The van der Waals surface area contributed by atoms with E-state index in [2.05, 4.69) is 54.5 Å². The van der Waals surface area contributed by atoms with Crippen molar-refractivity contribution in [1.82, 2.24) is 15.5 Å². The smallest absolute Gasteiger partial charge is 0.191 e.